The molecule has 1 saturated heterocycles. The Hall–Kier alpha value is -1.18. The molecule has 0 spiro atoms. The van der Waals surface area contributed by atoms with E-state index in [-0.39, 0.29) is 18.5 Å². The fourth-order valence-electron chi connectivity index (χ4n) is 2.57. The zero-order valence-corrected chi connectivity index (χ0v) is 12.4. The smallest absolute Gasteiger partial charge is 0.321 e. The normalized spacial score (nSPS) is 23.4. The first-order valence-electron chi connectivity index (χ1n) is 7.09. The molecule has 1 aliphatic heterocycles. The molecular formula is C13H26N4O3. The van der Waals surface area contributed by atoms with Crippen LogP contribution in [0.5, 0.6) is 0 Å². The lowest BCUT2D eigenvalue weighted by atomic mass is 9.91. The molecule has 2 atom stereocenters. The monoisotopic (exact) mass is 286 g/mol. The number of hydrogen-bond donors (Lipinski definition) is 3. The molecule has 0 radical (unpaired) electrons. The summed E-state index contributed by atoms with van der Waals surface area (Å²) in [5, 5.41) is 4.87. The molecule has 3 amide bonds. The van der Waals surface area contributed by atoms with Crippen molar-refractivity contribution in [1.82, 2.24) is 15.5 Å². The van der Waals surface area contributed by atoms with E-state index in [0.717, 1.165) is 19.4 Å². The maximum Gasteiger partial charge on any atom is 0.321 e. The number of nitrogens with two attached hydrogens (primary N) is 1. The van der Waals surface area contributed by atoms with Gasteiger partial charge >= 0.3 is 6.03 Å². The molecule has 4 N–H and O–H groups in total. The van der Waals surface area contributed by atoms with E-state index in [1.807, 2.05) is 0 Å². The first-order chi connectivity index (χ1) is 9.58. The number of carbonyl (C=O) groups is 2. The summed E-state index contributed by atoms with van der Waals surface area (Å²) in [7, 11) is 1.55. The lowest BCUT2D eigenvalue weighted by Gasteiger charge is -2.38. The van der Waals surface area contributed by atoms with Crippen LogP contribution in [0.2, 0.25) is 0 Å². The van der Waals surface area contributed by atoms with Crippen molar-refractivity contribution in [1.29, 1.82) is 0 Å². The quantitative estimate of drug-likeness (QED) is 0.573. The van der Waals surface area contributed by atoms with Gasteiger partial charge < -0.3 is 15.8 Å². The van der Waals surface area contributed by atoms with Gasteiger partial charge in [-0.1, -0.05) is 6.92 Å². The number of carbonyl (C=O) groups excluding carboxylic acids is 2. The molecule has 1 aliphatic rings. The molecule has 116 valence electrons. The van der Waals surface area contributed by atoms with Gasteiger partial charge in [0, 0.05) is 26.2 Å². The third-order valence-corrected chi connectivity index (χ3v) is 3.66. The third-order valence-electron chi connectivity index (χ3n) is 3.66. The topological polar surface area (TPSA) is 96.7 Å². The van der Waals surface area contributed by atoms with Gasteiger partial charge in [0.1, 0.15) is 0 Å². The molecule has 2 unspecified atom stereocenters. The molecule has 0 aromatic carbocycles. The molecule has 0 saturated carbocycles. The lowest BCUT2D eigenvalue weighted by molar-refractivity contribution is -0.122. The Bertz CT molecular complexity index is 325. The van der Waals surface area contributed by atoms with Crippen LogP contribution >= 0.6 is 0 Å². The molecule has 1 fully saturated rings. The van der Waals surface area contributed by atoms with E-state index < -0.39 is 6.03 Å². The summed E-state index contributed by atoms with van der Waals surface area (Å²) in [6.07, 6.45) is 2.20. The van der Waals surface area contributed by atoms with Gasteiger partial charge in [-0.2, -0.15) is 0 Å². The molecule has 0 bridgehead atoms. The number of methoxy groups -OCH3 is 1. The van der Waals surface area contributed by atoms with Gasteiger partial charge in [0.2, 0.25) is 5.91 Å². The van der Waals surface area contributed by atoms with Gasteiger partial charge in [-0.25, -0.2) is 4.79 Å². The van der Waals surface area contributed by atoms with Crippen LogP contribution in [0.3, 0.4) is 0 Å². The second-order valence-electron chi connectivity index (χ2n) is 5.19. The summed E-state index contributed by atoms with van der Waals surface area (Å²) in [5.41, 5.74) is 5.78. The average molecular weight is 286 g/mol. The number of ether oxygens (including phenoxy) is 1. The highest BCUT2D eigenvalue weighted by Crippen LogP contribution is 2.21. The van der Waals surface area contributed by atoms with Crippen LogP contribution in [0.4, 0.5) is 4.79 Å². The predicted molar refractivity (Wildman–Crippen MR) is 76.2 cm³/mol. The molecule has 20 heavy (non-hydrogen) atoms. The summed E-state index contributed by atoms with van der Waals surface area (Å²) < 4.78 is 4.81. The average Bonchev–Trinajstić information content (AvgIpc) is 2.39. The van der Waals surface area contributed by atoms with Crippen molar-refractivity contribution in [3.63, 3.8) is 0 Å². The van der Waals surface area contributed by atoms with Gasteiger partial charge in [-0.15, -0.1) is 0 Å². The highest BCUT2D eigenvalue weighted by molar-refractivity contribution is 5.95. The Morgan fingerprint density at radius 2 is 2.20 bits per heavy atom. The second kappa shape index (κ2) is 8.89. The number of amides is 3. The van der Waals surface area contributed by atoms with Gasteiger partial charge in [0.05, 0.1) is 13.2 Å². The fraction of sp³-hybridized carbons (Fsp3) is 0.846. The van der Waals surface area contributed by atoms with E-state index in [4.69, 9.17) is 10.5 Å². The minimum Gasteiger partial charge on any atom is -0.383 e. The minimum absolute atomic E-state index is 0.212. The minimum atomic E-state index is -0.485. The lowest BCUT2D eigenvalue weighted by Crippen LogP contribution is -2.53. The van der Waals surface area contributed by atoms with Crippen molar-refractivity contribution in [2.24, 2.45) is 11.7 Å². The largest absolute Gasteiger partial charge is 0.383 e. The Labute approximate surface area is 120 Å². The number of piperidine rings is 1. The van der Waals surface area contributed by atoms with Crippen molar-refractivity contribution < 1.29 is 14.3 Å². The van der Waals surface area contributed by atoms with E-state index in [1.54, 1.807) is 7.11 Å². The van der Waals surface area contributed by atoms with Gasteiger partial charge in [0.25, 0.3) is 0 Å². The van der Waals surface area contributed by atoms with E-state index in [2.05, 4.69) is 22.5 Å². The van der Waals surface area contributed by atoms with Crippen LogP contribution in [0.25, 0.3) is 0 Å². The highest BCUT2D eigenvalue weighted by atomic mass is 16.5. The molecule has 7 nitrogen and oxygen atoms in total. The summed E-state index contributed by atoms with van der Waals surface area (Å²) in [4.78, 5) is 25.3. The maximum absolute atomic E-state index is 11.8. The van der Waals surface area contributed by atoms with Crippen LogP contribution < -0.4 is 16.4 Å². The number of hydrogen-bond acceptors (Lipinski definition) is 5. The number of likely N-dealkylation sites (tertiary alicyclic amines) is 1. The van der Waals surface area contributed by atoms with Crippen LogP contribution in [-0.2, 0) is 9.53 Å². The maximum atomic E-state index is 11.8. The first-order valence-corrected chi connectivity index (χ1v) is 7.09. The Morgan fingerprint density at radius 1 is 1.45 bits per heavy atom. The summed E-state index contributed by atoms with van der Waals surface area (Å²) in [5.74, 6) is 0.185. The Balaban J connectivity index is 2.35. The van der Waals surface area contributed by atoms with Crippen molar-refractivity contribution in [2.75, 3.05) is 39.9 Å². The first kappa shape index (κ1) is 16.9. The number of nitrogens with zero attached hydrogens (tertiary/aromatic N) is 1. The third kappa shape index (κ3) is 5.44. The van der Waals surface area contributed by atoms with E-state index in [0.29, 0.717) is 25.6 Å². The van der Waals surface area contributed by atoms with Crippen LogP contribution in [0.1, 0.15) is 19.8 Å². The SMILES string of the molecule is COCCNC(=O)NC(=O)CN1CCCC(C)C1CN. The molecule has 0 aromatic rings. The van der Waals surface area contributed by atoms with Gasteiger partial charge in [-0.05, 0) is 25.3 Å². The molecule has 0 aromatic heterocycles. The zero-order chi connectivity index (χ0) is 15.0. The summed E-state index contributed by atoms with van der Waals surface area (Å²) in [6, 6.07) is -0.271. The van der Waals surface area contributed by atoms with Crippen LogP contribution in [-0.4, -0.2) is 62.8 Å². The number of rotatable bonds is 6. The van der Waals surface area contributed by atoms with Gasteiger partial charge in [0.15, 0.2) is 0 Å². The van der Waals surface area contributed by atoms with E-state index >= 15 is 0 Å². The van der Waals surface area contributed by atoms with Crippen molar-refractivity contribution in [3.05, 3.63) is 0 Å². The molecule has 1 rings (SSSR count). The second-order valence-corrected chi connectivity index (χ2v) is 5.19. The predicted octanol–water partition coefficient (Wildman–Crippen LogP) is -0.482. The van der Waals surface area contributed by atoms with Crippen molar-refractivity contribution in [3.8, 4) is 0 Å². The van der Waals surface area contributed by atoms with Crippen LogP contribution in [0.15, 0.2) is 0 Å². The number of urea groups is 1. The molecular weight excluding hydrogens is 260 g/mol. The molecule has 7 heteroatoms. The van der Waals surface area contributed by atoms with Crippen molar-refractivity contribution in [2.45, 2.75) is 25.8 Å². The zero-order valence-electron chi connectivity index (χ0n) is 12.4. The molecule has 1 heterocycles. The summed E-state index contributed by atoms with van der Waals surface area (Å²) in [6.45, 7) is 4.55. The Kier molecular flexibility index (Phi) is 7.50. The highest BCUT2D eigenvalue weighted by Gasteiger charge is 2.28. The number of imide groups is 1. The Morgan fingerprint density at radius 3 is 2.85 bits per heavy atom. The van der Waals surface area contributed by atoms with Gasteiger partial charge in [-0.3, -0.25) is 15.0 Å². The summed E-state index contributed by atoms with van der Waals surface area (Å²) >= 11 is 0. The van der Waals surface area contributed by atoms with Crippen molar-refractivity contribution >= 4 is 11.9 Å². The molecule has 0 aliphatic carbocycles. The number of nitrogens with one attached hydrogen (secondary N) is 2. The fourth-order valence-corrected chi connectivity index (χ4v) is 2.57. The van der Waals surface area contributed by atoms with Crippen LogP contribution in [0, 0.1) is 5.92 Å². The van der Waals surface area contributed by atoms with E-state index in [1.165, 1.54) is 0 Å². The van der Waals surface area contributed by atoms with E-state index in [9.17, 15) is 9.59 Å². The standard InChI is InChI=1S/C13H26N4O3/c1-10-4-3-6-17(11(10)8-14)9-12(18)16-13(19)15-5-7-20-2/h10-11H,3-9,14H2,1-2H3,(H2,15,16,18,19).